The zero-order valence-corrected chi connectivity index (χ0v) is 49.1. The molecule has 0 radical (unpaired) electrons. The van der Waals surface area contributed by atoms with E-state index in [1.165, 1.54) is 335 Å². The highest BCUT2D eigenvalue weighted by Crippen LogP contribution is 2.68. The van der Waals surface area contributed by atoms with Gasteiger partial charge in [0.25, 0.3) is 0 Å². The summed E-state index contributed by atoms with van der Waals surface area (Å²) in [7, 11) is 0. The lowest BCUT2D eigenvalue weighted by Crippen LogP contribution is -2.04. The lowest BCUT2D eigenvalue weighted by molar-refractivity contribution is 1.28. The average Bonchev–Trinajstić information content (AvgIpc) is 0.777. The third-order valence-corrected chi connectivity index (χ3v) is 26.7. The zero-order valence-electron chi connectivity index (χ0n) is 49.1. The van der Waals surface area contributed by atoms with Gasteiger partial charge in [-0.2, -0.15) is 0 Å². The first-order chi connectivity index (χ1) is 44.4. The van der Waals surface area contributed by atoms with Crippen LogP contribution < -0.4 is 0 Å². The lowest BCUT2D eigenvalue weighted by Gasteiger charge is -2.33. The van der Waals surface area contributed by atoms with Crippen molar-refractivity contribution in [3.05, 3.63) is 178 Å². The van der Waals surface area contributed by atoms with Gasteiger partial charge in [-0.3, -0.25) is 0 Å². The Hall–Kier alpha value is -10.9. The van der Waals surface area contributed by atoms with Gasteiger partial charge in [0, 0.05) is 0 Å². The maximum atomic E-state index is 2.77. The summed E-state index contributed by atoms with van der Waals surface area (Å²) in [5.41, 5.74) is 11.4. The Morgan fingerprint density at radius 1 is 0.133 bits per heavy atom. The van der Waals surface area contributed by atoms with E-state index in [9.17, 15) is 0 Å². The molecule has 0 nitrogen and oxygen atoms in total. The summed E-state index contributed by atoms with van der Waals surface area (Å²) in [6.45, 7) is 9.61. The van der Waals surface area contributed by atoms with E-state index in [-0.39, 0.29) is 0 Å². The molecule has 0 saturated heterocycles. The second kappa shape index (κ2) is 11.7. The van der Waals surface area contributed by atoms with Crippen molar-refractivity contribution in [2.75, 3.05) is 0 Å². The fourth-order valence-corrected chi connectivity index (χ4v) is 24.1. The van der Waals surface area contributed by atoms with Crippen LogP contribution in [0.1, 0.15) is 44.5 Å². The van der Waals surface area contributed by atoms with E-state index in [2.05, 4.69) is 161 Å². The standard InChI is InChI=1S/C90H38/c1-29-5-13-37-39-17-9-33-25-35-11-19-41-43-21-24-48-50-28-52-46-16-8-32(4)56-54-30(2)6-14-38-40-18-10-34-26-36-12-20-42-44-22-23-47-49-27-51-45-15-7-31(3)55-53(29)61(37)79-81(63(45)55)89-75(51)77(71(48)69(43)87(89)85-67(41)59(35)57(33)65(39)83(79)85)73(49)74(50)78-72(47)70(44)88-86-68(42)60(36)58(34)66(40)84(86)80(62(38)54)82(64(46)56)90(88)76(52)78/h5-24,27-28H,25-26H2,1-4H3. The Balaban J connectivity index is 0.977. The van der Waals surface area contributed by atoms with E-state index in [0.29, 0.717) is 0 Å². The molecule has 0 unspecified atom stereocenters. The normalized spacial score (nSPS) is 15.0. The number of fused-ring (bicyclic) bond motifs is 10. The fraction of sp³-hybridized carbons (Fsp3) is 0.0667. The minimum absolute atomic E-state index is 0.989. The van der Waals surface area contributed by atoms with Crippen LogP contribution in [0.15, 0.2) is 133 Å². The molecule has 0 bridgehead atoms. The van der Waals surface area contributed by atoms with Gasteiger partial charge < -0.3 is 0 Å². The van der Waals surface area contributed by atoms with Crippen molar-refractivity contribution in [1.82, 2.24) is 0 Å². The highest BCUT2D eigenvalue weighted by molar-refractivity contribution is 6.68. The highest BCUT2D eigenvalue weighted by Gasteiger charge is 2.40. The molecule has 0 heterocycles. The highest BCUT2D eigenvalue weighted by atomic mass is 14.4. The van der Waals surface area contributed by atoms with Crippen molar-refractivity contribution in [2.24, 2.45) is 0 Å². The molecule has 28 aromatic carbocycles. The Kier molecular flexibility index (Phi) is 5.37. The third kappa shape index (κ3) is 3.38. The molecule has 398 valence electrons. The largest absolute Gasteiger partial charge is 0.0580 e. The third-order valence-electron chi connectivity index (χ3n) is 26.7. The van der Waals surface area contributed by atoms with Gasteiger partial charge in [-0.05, 0) is 388 Å². The number of aryl methyl sites for hydroxylation is 4. The molecule has 0 N–H and O–H groups in total. The number of benzene rings is 28. The first-order valence-electron chi connectivity index (χ1n) is 32.9. The predicted molar refractivity (Wildman–Crippen MR) is 391 cm³/mol. The van der Waals surface area contributed by atoms with Crippen LogP contribution in [0.2, 0.25) is 0 Å². The van der Waals surface area contributed by atoms with Crippen molar-refractivity contribution in [3.63, 3.8) is 0 Å². The van der Waals surface area contributed by atoms with E-state index in [1.807, 2.05) is 0 Å². The molecule has 2 aliphatic rings. The van der Waals surface area contributed by atoms with E-state index in [0.717, 1.165) is 12.8 Å². The van der Waals surface area contributed by atoms with Crippen molar-refractivity contribution in [3.8, 4) is 0 Å². The zero-order chi connectivity index (χ0) is 56.8. The second-order valence-electron chi connectivity index (χ2n) is 29.7. The van der Waals surface area contributed by atoms with E-state index in [4.69, 9.17) is 0 Å². The van der Waals surface area contributed by atoms with Crippen LogP contribution in [0, 0.1) is 27.7 Å². The van der Waals surface area contributed by atoms with Crippen LogP contribution in [0.25, 0.3) is 291 Å². The minimum atomic E-state index is 0.989. The van der Waals surface area contributed by atoms with Gasteiger partial charge in [0.15, 0.2) is 0 Å². The molecule has 2 aliphatic carbocycles. The Bertz CT molecular complexity index is 8000. The predicted octanol–water partition coefficient (Wildman–Crippen LogP) is 25.4. The molecule has 0 aliphatic heterocycles. The van der Waals surface area contributed by atoms with Crippen LogP contribution in [-0.4, -0.2) is 0 Å². The SMILES string of the molecule is Cc1ccc2c3ccc4c5c6c(ccc7c8ccc9c%10cc%11c%12ccc(C)c%13c%14c(C)ccc%15c%16ccc%17c%18c%19c(ccc%20c%21ccc%22c%23cc%24c%25ccc(C)c%26c1c2c1c(c35)c(c76)c2c8c9c(c%23c%10c3c%22c%21c5c(c%20%19)c(c%16%18)c(c%15%14)c(c%12%13)c5c%113)c%24c2c1c%25%26)C%17)C4. The quantitative estimate of drug-likeness (QED) is 0.105. The van der Waals surface area contributed by atoms with Gasteiger partial charge in [-0.1, -0.05) is 121 Å². The molecular weight excluding hydrogens is 1080 g/mol. The summed E-state index contributed by atoms with van der Waals surface area (Å²) < 4.78 is 0. The Morgan fingerprint density at radius 3 is 0.511 bits per heavy atom. The van der Waals surface area contributed by atoms with E-state index < -0.39 is 0 Å². The number of hydrogen-bond acceptors (Lipinski definition) is 0. The van der Waals surface area contributed by atoms with Gasteiger partial charge in [0.05, 0.1) is 0 Å². The van der Waals surface area contributed by atoms with Crippen LogP contribution in [0.4, 0.5) is 0 Å². The molecular formula is C90H38. The lowest BCUT2D eigenvalue weighted by atomic mass is 9.69. The maximum Gasteiger partial charge on any atom is -0.0000236 e. The molecule has 0 saturated carbocycles. The molecule has 0 spiro atoms. The van der Waals surface area contributed by atoms with Crippen LogP contribution in [0.3, 0.4) is 0 Å². The second-order valence-corrected chi connectivity index (χ2v) is 29.7. The summed E-state index contributed by atoms with van der Waals surface area (Å²) in [4.78, 5) is 0. The molecule has 30 rings (SSSR count). The average molecular weight is 1120 g/mol. The molecule has 28 aromatic rings. The molecule has 0 fully saturated rings. The van der Waals surface area contributed by atoms with Crippen molar-refractivity contribution in [2.45, 2.75) is 40.5 Å². The molecule has 0 atom stereocenters. The van der Waals surface area contributed by atoms with Gasteiger partial charge in [-0.15, -0.1) is 0 Å². The maximum absolute atomic E-state index is 2.77. The van der Waals surface area contributed by atoms with Crippen LogP contribution >= 0.6 is 0 Å². The molecule has 0 aromatic heterocycles. The summed E-state index contributed by atoms with van der Waals surface area (Å²) in [5, 5.41) is 79.1. The topological polar surface area (TPSA) is 0 Å². The number of hydrogen-bond donors (Lipinski definition) is 0. The summed E-state index contributed by atoms with van der Waals surface area (Å²) in [6.07, 6.45) is 1.98. The van der Waals surface area contributed by atoms with Crippen molar-refractivity contribution < 1.29 is 0 Å². The Morgan fingerprint density at radius 2 is 0.278 bits per heavy atom. The minimum Gasteiger partial charge on any atom is -0.0580 e. The Labute approximate surface area is 506 Å². The molecule has 0 heteroatoms. The summed E-state index contributed by atoms with van der Waals surface area (Å²) >= 11 is 0. The van der Waals surface area contributed by atoms with Gasteiger partial charge in [-0.25, -0.2) is 0 Å². The smallest absolute Gasteiger partial charge is 0.0000236 e. The first-order valence-corrected chi connectivity index (χ1v) is 32.9. The first kappa shape index (κ1) is 41.3. The van der Waals surface area contributed by atoms with Crippen molar-refractivity contribution >= 4 is 291 Å². The van der Waals surface area contributed by atoms with Gasteiger partial charge in [0.1, 0.15) is 0 Å². The fourth-order valence-electron chi connectivity index (χ4n) is 24.1. The van der Waals surface area contributed by atoms with Crippen LogP contribution in [0.5, 0.6) is 0 Å². The van der Waals surface area contributed by atoms with E-state index >= 15 is 0 Å². The van der Waals surface area contributed by atoms with Gasteiger partial charge in [0.2, 0.25) is 0 Å². The van der Waals surface area contributed by atoms with Crippen molar-refractivity contribution in [1.29, 1.82) is 0 Å². The van der Waals surface area contributed by atoms with Crippen LogP contribution in [-0.2, 0) is 12.8 Å². The van der Waals surface area contributed by atoms with Gasteiger partial charge >= 0.3 is 0 Å². The van der Waals surface area contributed by atoms with E-state index in [1.54, 1.807) is 0 Å². The monoisotopic (exact) mass is 1120 g/mol. The summed E-state index contributed by atoms with van der Waals surface area (Å²) in [5.74, 6) is 0. The number of rotatable bonds is 0. The molecule has 0 amide bonds. The summed E-state index contributed by atoms with van der Waals surface area (Å²) in [6, 6.07) is 56.2. The molecule has 90 heavy (non-hydrogen) atoms.